The maximum Gasteiger partial charge on any atom is 0.151 e. The quantitative estimate of drug-likeness (QED) is 0.120. The molecule has 3 aromatic heterocycles. The first-order valence-electron chi connectivity index (χ1n) is 14.2. The molecule has 2 aromatic carbocycles. The highest BCUT2D eigenvalue weighted by molar-refractivity contribution is 7.91. The van der Waals surface area contributed by atoms with E-state index in [0.29, 0.717) is 52.0 Å². The molecule has 44 heavy (non-hydrogen) atoms. The van der Waals surface area contributed by atoms with Crippen molar-refractivity contribution >= 4 is 55.2 Å². The number of nitrogens with one attached hydrogen (secondary N) is 2. The number of ether oxygens (including phenoxy) is 1. The van der Waals surface area contributed by atoms with Gasteiger partial charge in [-0.05, 0) is 61.3 Å². The third-order valence-electron chi connectivity index (χ3n) is 6.66. The number of hydrogen-bond donors (Lipinski definition) is 2. The topological polar surface area (TPSA) is 119 Å². The Labute approximate surface area is 264 Å². The van der Waals surface area contributed by atoms with Gasteiger partial charge in [0.2, 0.25) is 0 Å². The fourth-order valence-corrected chi connectivity index (χ4v) is 6.84. The fourth-order valence-electron chi connectivity index (χ4n) is 4.49. The van der Waals surface area contributed by atoms with Crippen LogP contribution in [-0.4, -0.2) is 52.9 Å². The summed E-state index contributed by atoms with van der Waals surface area (Å²) in [6, 6.07) is 13.5. The molecule has 230 valence electrons. The fraction of sp³-hybridized carbons (Fsp3) is 0.290. The highest BCUT2D eigenvalue weighted by Crippen LogP contribution is 2.32. The average Bonchev–Trinajstić information content (AvgIpc) is 3.47. The molecule has 0 unspecified atom stereocenters. The maximum atomic E-state index is 13.5. The van der Waals surface area contributed by atoms with Crippen molar-refractivity contribution in [3.05, 3.63) is 87.8 Å². The van der Waals surface area contributed by atoms with E-state index in [1.165, 1.54) is 18.5 Å². The smallest absolute Gasteiger partial charge is 0.151 e. The van der Waals surface area contributed by atoms with Crippen LogP contribution in [0.25, 0.3) is 22.3 Å². The Morgan fingerprint density at radius 2 is 1.91 bits per heavy atom. The Hall–Kier alpha value is -3.71. The number of aromatic nitrogens is 4. The van der Waals surface area contributed by atoms with Gasteiger partial charge in [0.15, 0.2) is 9.84 Å². The molecule has 0 radical (unpaired) electrons. The molecule has 0 spiro atoms. The summed E-state index contributed by atoms with van der Waals surface area (Å²) in [5.41, 5.74) is 3.56. The summed E-state index contributed by atoms with van der Waals surface area (Å²) >= 11 is 8.06. The molecule has 0 aliphatic heterocycles. The van der Waals surface area contributed by atoms with Crippen molar-refractivity contribution in [2.75, 3.05) is 29.9 Å². The highest BCUT2D eigenvalue weighted by Gasteiger charge is 2.12. The van der Waals surface area contributed by atoms with E-state index in [1.807, 2.05) is 24.4 Å². The van der Waals surface area contributed by atoms with E-state index < -0.39 is 9.84 Å². The maximum absolute atomic E-state index is 13.5. The molecule has 3 heterocycles. The van der Waals surface area contributed by atoms with E-state index in [0.717, 1.165) is 35.5 Å². The SMILES string of the molecule is CCCS(=O)(=O)CCNCCCc1nc(-c2cc3c(Nc4ccc(OCc5cccc(F)c5)c(Cl)c4)ncnc3cn2)cs1. The summed E-state index contributed by atoms with van der Waals surface area (Å²) in [5.74, 6) is 1.16. The van der Waals surface area contributed by atoms with Crippen molar-refractivity contribution in [1.82, 2.24) is 25.3 Å². The van der Waals surface area contributed by atoms with Gasteiger partial charge in [0, 0.05) is 35.2 Å². The first-order valence-corrected chi connectivity index (χ1v) is 17.3. The summed E-state index contributed by atoms with van der Waals surface area (Å²) in [4.78, 5) is 18.1. The number of rotatable bonds is 15. The van der Waals surface area contributed by atoms with Gasteiger partial charge >= 0.3 is 0 Å². The van der Waals surface area contributed by atoms with E-state index in [1.54, 1.807) is 41.8 Å². The largest absolute Gasteiger partial charge is 0.487 e. The lowest BCUT2D eigenvalue weighted by Gasteiger charge is -2.12. The molecular formula is C31H32ClFN6O3S2. The lowest BCUT2D eigenvalue weighted by Crippen LogP contribution is -2.25. The molecule has 13 heteroatoms. The Bertz CT molecular complexity index is 1840. The average molecular weight is 655 g/mol. The van der Waals surface area contributed by atoms with Crippen LogP contribution in [0.4, 0.5) is 15.9 Å². The summed E-state index contributed by atoms with van der Waals surface area (Å²) in [7, 11) is -2.96. The van der Waals surface area contributed by atoms with Crippen LogP contribution in [0.15, 0.2) is 66.4 Å². The molecule has 5 rings (SSSR count). The third kappa shape index (κ3) is 8.69. The zero-order valence-electron chi connectivity index (χ0n) is 24.1. The van der Waals surface area contributed by atoms with E-state index in [-0.39, 0.29) is 23.9 Å². The van der Waals surface area contributed by atoms with Gasteiger partial charge in [-0.25, -0.2) is 27.8 Å². The molecule has 0 fully saturated rings. The molecule has 5 aromatic rings. The monoisotopic (exact) mass is 654 g/mol. The standard InChI is InChI=1S/C31H32ClFN6O3S2/c1-2-12-44(40,41)13-11-34-10-4-7-30-39-28(19-43-30)26-16-24-27(17-35-26)36-20-37-31(24)38-23-8-9-29(25(32)15-23)42-18-21-5-3-6-22(33)14-21/h3,5-6,8-9,14-17,19-20,34H,2,4,7,10-13,18H2,1H3,(H,36,37,38). The number of aryl methyl sites for hydroxylation is 1. The van der Waals surface area contributed by atoms with Gasteiger partial charge in [-0.2, -0.15) is 0 Å². The Morgan fingerprint density at radius 1 is 1.02 bits per heavy atom. The number of thiazole rings is 1. The number of sulfone groups is 1. The molecule has 9 nitrogen and oxygen atoms in total. The second kappa shape index (κ2) is 14.8. The molecule has 0 saturated heterocycles. The summed E-state index contributed by atoms with van der Waals surface area (Å²) in [5, 5.41) is 10.7. The van der Waals surface area contributed by atoms with Crippen molar-refractivity contribution < 1.29 is 17.5 Å². The van der Waals surface area contributed by atoms with E-state index in [2.05, 4.69) is 25.6 Å². The highest BCUT2D eigenvalue weighted by atomic mass is 35.5. The second-order valence-electron chi connectivity index (χ2n) is 10.1. The minimum absolute atomic E-state index is 0.168. The molecule has 0 saturated carbocycles. The van der Waals surface area contributed by atoms with Crippen LogP contribution in [0.1, 0.15) is 30.3 Å². The Kier molecular flexibility index (Phi) is 10.7. The zero-order chi connectivity index (χ0) is 30.9. The van der Waals surface area contributed by atoms with Crippen LogP contribution in [-0.2, 0) is 22.9 Å². The first-order chi connectivity index (χ1) is 21.3. The lowest BCUT2D eigenvalue weighted by atomic mass is 10.2. The van der Waals surface area contributed by atoms with Gasteiger partial charge in [-0.15, -0.1) is 11.3 Å². The van der Waals surface area contributed by atoms with Gasteiger partial charge < -0.3 is 15.4 Å². The minimum Gasteiger partial charge on any atom is -0.487 e. The van der Waals surface area contributed by atoms with Crippen molar-refractivity contribution in [2.45, 2.75) is 32.8 Å². The predicted octanol–water partition coefficient (Wildman–Crippen LogP) is 6.61. The number of fused-ring (bicyclic) bond motifs is 1. The van der Waals surface area contributed by atoms with Crippen LogP contribution in [0, 0.1) is 5.82 Å². The van der Waals surface area contributed by atoms with Gasteiger partial charge in [-0.1, -0.05) is 30.7 Å². The lowest BCUT2D eigenvalue weighted by molar-refractivity contribution is 0.306. The number of pyridine rings is 1. The molecule has 2 N–H and O–H groups in total. The summed E-state index contributed by atoms with van der Waals surface area (Å²) < 4.78 is 42.9. The van der Waals surface area contributed by atoms with Crippen LogP contribution >= 0.6 is 22.9 Å². The van der Waals surface area contributed by atoms with Gasteiger partial charge in [0.05, 0.1) is 38.9 Å². The number of nitrogens with zero attached hydrogens (tertiary/aromatic N) is 4. The van der Waals surface area contributed by atoms with Crippen LogP contribution in [0.3, 0.4) is 0 Å². The predicted molar refractivity (Wildman–Crippen MR) is 174 cm³/mol. The Balaban J connectivity index is 1.20. The number of benzene rings is 2. The zero-order valence-corrected chi connectivity index (χ0v) is 26.5. The summed E-state index contributed by atoms with van der Waals surface area (Å²) in [6.07, 6.45) is 5.45. The second-order valence-corrected chi connectivity index (χ2v) is 13.8. The number of anilines is 2. The van der Waals surface area contributed by atoms with E-state index in [9.17, 15) is 12.8 Å². The molecule has 0 amide bonds. The number of halogens is 2. The molecule has 0 atom stereocenters. The third-order valence-corrected chi connectivity index (χ3v) is 9.72. The van der Waals surface area contributed by atoms with Crippen molar-refractivity contribution in [2.24, 2.45) is 0 Å². The van der Waals surface area contributed by atoms with Gasteiger partial charge in [0.25, 0.3) is 0 Å². The van der Waals surface area contributed by atoms with Crippen LogP contribution in [0.5, 0.6) is 5.75 Å². The first kappa shape index (κ1) is 31.7. The van der Waals surface area contributed by atoms with E-state index in [4.69, 9.17) is 21.3 Å². The van der Waals surface area contributed by atoms with Crippen LogP contribution in [0.2, 0.25) is 5.02 Å². The number of hydrogen-bond acceptors (Lipinski definition) is 10. The van der Waals surface area contributed by atoms with Crippen LogP contribution < -0.4 is 15.4 Å². The minimum atomic E-state index is -2.96. The molecular weight excluding hydrogens is 623 g/mol. The Morgan fingerprint density at radius 3 is 2.73 bits per heavy atom. The molecule has 0 aliphatic carbocycles. The van der Waals surface area contributed by atoms with Gasteiger partial charge in [-0.3, -0.25) is 4.98 Å². The van der Waals surface area contributed by atoms with Crippen molar-refractivity contribution in [3.63, 3.8) is 0 Å². The molecule has 0 aliphatic rings. The van der Waals surface area contributed by atoms with Crippen molar-refractivity contribution in [1.29, 1.82) is 0 Å². The van der Waals surface area contributed by atoms with Crippen molar-refractivity contribution in [3.8, 4) is 17.1 Å². The van der Waals surface area contributed by atoms with E-state index >= 15 is 0 Å². The molecule has 0 bridgehead atoms. The summed E-state index contributed by atoms with van der Waals surface area (Å²) in [6.45, 7) is 3.25. The van der Waals surface area contributed by atoms with Gasteiger partial charge in [0.1, 0.15) is 30.3 Å². The normalized spacial score (nSPS) is 11.6.